The SMILES string of the molecule is O=C(O)CCC(=S)c1ccccc1. The molecular formula is C10H10O2S. The van der Waals surface area contributed by atoms with Crippen LogP contribution in [0.25, 0.3) is 0 Å². The molecule has 2 nitrogen and oxygen atoms in total. The van der Waals surface area contributed by atoms with Crippen molar-refractivity contribution < 1.29 is 9.90 Å². The second-order valence-electron chi connectivity index (χ2n) is 2.68. The molecule has 0 unspecified atom stereocenters. The van der Waals surface area contributed by atoms with E-state index in [1.165, 1.54) is 0 Å². The summed E-state index contributed by atoms with van der Waals surface area (Å²) in [4.78, 5) is 11.0. The number of hydrogen-bond acceptors (Lipinski definition) is 2. The molecule has 1 N–H and O–H groups in total. The Morgan fingerprint density at radius 3 is 2.38 bits per heavy atom. The molecule has 3 heteroatoms. The van der Waals surface area contributed by atoms with Gasteiger partial charge in [0.05, 0.1) is 6.42 Å². The Bertz CT molecular complexity index is 306. The summed E-state index contributed by atoms with van der Waals surface area (Å²) in [5.74, 6) is -0.807. The third kappa shape index (κ3) is 3.34. The van der Waals surface area contributed by atoms with Crippen LogP contribution in [0.3, 0.4) is 0 Å². The molecule has 0 amide bonds. The Hall–Kier alpha value is -1.22. The maximum Gasteiger partial charge on any atom is 0.303 e. The van der Waals surface area contributed by atoms with Crippen molar-refractivity contribution >= 4 is 23.1 Å². The van der Waals surface area contributed by atoms with E-state index in [-0.39, 0.29) is 6.42 Å². The highest BCUT2D eigenvalue weighted by atomic mass is 32.1. The highest BCUT2D eigenvalue weighted by Gasteiger charge is 2.03. The van der Waals surface area contributed by atoms with E-state index in [2.05, 4.69) is 0 Å². The van der Waals surface area contributed by atoms with Gasteiger partial charge in [-0.1, -0.05) is 42.5 Å². The summed E-state index contributed by atoms with van der Waals surface area (Å²) in [5, 5.41) is 8.45. The van der Waals surface area contributed by atoms with E-state index in [1.54, 1.807) is 0 Å². The number of carbonyl (C=O) groups is 1. The van der Waals surface area contributed by atoms with Gasteiger partial charge in [-0.3, -0.25) is 4.79 Å². The van der Waals surface area contributed by atoms with Crippen LogP contribution < -0.4 is 0 Å². The summed E-state index contributed by atoms with van der Waals surface area (Å²) in [6, 6.07) is 9.47. The minimum atomic E-state index is -0.807. The maximum absolute atomic E-state index is 10.3. The Morgan fingerprint density at radius 1 is 1.23 bits per heavy atom. The molecule has 0 aromatic heterocycles. The lowest BCUT2D eigenvalue weighted by molar-refractivity contribution is -0.136. The van der Waals surface area contributed by atoms with Crippen molar-refractivity contribution in [1.82, 2.24) is 0 Å². The molecule has 0 radical (unpaired) electrons. The first-order valence-electron chi connectivity index (χ1n) is 4.00. The third-order valence-corrected chi connectivity index (χ3v) is 2.10. The summed E-state index contributed by atoms with van der Waals surface area (Å²) >= 11 is 5.08. The molecule has 0 fully saturated rings. The van der Waals surface area contributed by atoms with Crippen molar-refractivity contribution in [2.24, 2.45) is 0 Å². The molecule has 0 saturated carbocycles. The lowest BCUT2D eigenvalue weighted by atomic mass is 10.1. The quantitative estimate of drug-likeness (QED) is 0.590. The summed E-state index contributed by atoms with van der Waals surface area (Å²) in [6.45, 7) is 0. The van der Waals surface area contributed by atoms with Gasteiger partial charge in [0, 0.05) is 4.86 Å². The fraction of sp³-hybridized carbons (Fsp3) is 0.200. The van der Waals surface area contributed by atoms with Gasteiger partial charge < -0.3 is 5.11 Å². The van der Waals surface area contributed by atoms with Crippen LogP contribution in [0.1, 0.15) is 18.4 Å². The average molecular weight is 194 g/mol. The number of aliphatic carboxylic acids is 1. The van der Waals surface area contributed by atoms with Gasteiger partial charge in [0.25, 0.3) is 0 Å². The minimum Gasteiger partial charge on any atom is -0.481 e. The molecule has 1 aromatic carbocycles. The largest absolute Gasteiger partial charge is 0.481 e. The van der Waals surface area contributed by atoms with E-state index >= 15 is 0 Å². The summed E-state index contributed by atoms with van der Waals surface area (Å²) in [6.07, 6.45) is 0.544. The maximum atomic E-state index is 10.3. The number of hydrogen-bond donors (Lipinski definition) is 1. The topological polar surface area (TPSA) is 37.3 Å². The van der Waals surface area contributed by atoms with Crippen molar-refractivity contribution in [2.45, 2.75) is 12.8 Å². The summed E-state index contributed by atoms with van der Waals surface area (Å²) < 4.78 is 0. The molecule has 0 heterocycles. The Labute approximate surface area is 82.2 Å². The van der Waals surface area contributed by atoms with Crippen LogP contribution in [-0.2, 0) is 4.79 Å². The van der Waals surface area contributed by atoms with Crippen LogP contribution >= 0.6 is 12.2 Å². The first-order chi connectivity index (χ1) is 6.20. The van der Waals surface area contributed by atoms with Gasteiger partial charge >= 0.3 is 5.97 Å². The van der Waals surface area contributed by atoms with E-state index in [0.29, 0.717) is 11.3 Å². The average Bonchev–Trinajstić information content (AvgIpc) is 2.15. The zero-order valence-electron chi connectivity index (χ0n) is 7.06. The standard InChI is InChI=1S/C10H10O2S/c11-10(12)7-6-9(13)8-4-2-1-3-5-8/h1-5H,6-7H2,(H,11,12). The molecule has 0 aliphatic carbocycles. The van der Waals surface area contributed by atoms with Crippen molar-refractivity contribution in [3.63, 3.8) is 0 Å². The van der Waals surface area contributed by atoms with E-state index in [9.17, 15) is 4.79 Å². The zero-order chi connectivity index (χ0) is 9.68. The summed E-state index contributed by atoms with van der Waals surface area (Å²) in [7, 11) is 0. The van der Waals surface area contributed by atoms with Crippen LogP contribution in [0.15, 0.2) is 30.3 Å². The molecule has 0 bridgehead atoms. The van der Waals surface area contributed by atoms with Crippen LogP contribution in [-0.4, -0.2) is 15.9 Å². The lowest BCUT2D eigenvalue weighted by Crippen LogP contribution is -2.02. The van der Waals surface area contributed by atoms with Gasteiger partial charge in [0.15, 0.2) is 0 Å². The van der Waals surface area contributed by atoms with Crippen LogP contribution in [0.2, 0.25) is 0 Å². The van der Waals surface area contributed by atoms with Crippen molar-refractivity contribution in [3.05, 3.63) is 35.9 Å². The molecule has 0 spiro atoms. The number of thiocarbonyl (C=S) groups is 1. The minimum absolute atomic E-state index is 0.105. The van der Waals surface area contributed by atoms with E-state index in [4.69, 9.17) is 17.3 Å². The Morgan fingerprint density at radius 2 is 1.85 bits per heavy atom. The van der Waals surface area contributed by atoms with Crippen LogP contribution in [0, 0.1) is 0 Å². The number of carboxylic acid groups (broad SMARTS) is 1. The zero-order valence-corrected chi connectivity index (χ0v) is 7.88. The lowest BCUT2D eigenvalue weighted by Gasteiger charge is -2.00. The predicted octanol–water partition coefficient (Wildman–Crippen LogP) is 2.27. The van der Waals surface area contributed by atoms with Gasteiger partial charge in [0.1, 0.15) is 0 Å². The smallest absolute Gasteiger partial charge is 0.303 e. The Balaban J connectivity index is 2.54. The van der Waals surface area contributed by atoms with Gasteiger partial charge in [-0.05, 0) is 12.0 Å². The molecule has 1 aromatic rings. The third-order valence-electron chi connectivity index (χ3n) is 1.66. The number of rotatable bonds is 4. The van der Waals surface area contributed by atoms with Crippen LogP contribution in [0.5, 0.6) is 0 Å². The molecule has 68 valence electrons. The van der Waals surface area contributed by atoms with Gasteiger partial charge in [-0.25, -0.2) is 0 Å². The molecule has 0 aliphatic rings. The molecule has 1 rings (SSSR count). The molecule has 0 saturated heterocycles. The van der Waals surface area contributed by atoms with E-state index < -0.39 is 5.97 Å². The predicted molar refractivity (Wildman–Crippen MR) is 55.0 cm³/mol. The monoisotopic (exact) mass is 194 g/mol. The fourth-order valence-corrected chi connectivity index (χ4v) is 1.23. The van der Waals surface area contributed by atoms with Crippen molar-refractivity contribution in [2.75, 3.05) is 0 Å². The van der Waals surface area contributed by atoms with Crippen LogP contribution in [0.4, 0.5) is 0 Å². The van der Waals surface area contributed by atoms with Gasteiger partial charge in [-0.15, -0.1) is 0 Å². The van der Waals surface area contributed by atoms with E-state index in [0.717, 1.165) is 5.56 Å². The molecular weight excluding hydrogens is 184 g/mol. The van der Waals surface area contributed by atoms with Gasteiger partial charge in [-0.2, -0.15) is 0 Å². The Kier molecular flexibility index (Phi) is 3.58. The first kappa shape index (κ1) is 9.86. The number of carboxylic acids is 1. The highest BCUT2D eigenvalue weighted by molar-refractivity contribution is 7.80. The second kappa shape index (κ2) is 4.72. The summed E-state index contributed by atoms with van der Waals surface area (Å²) in [5.41, 5.74) is 0.943. The van der Waals surface area contributed by atoms with Crippen molar-refractivity contribution in [1.29, 1.82) is 0 Å². The van der Waals surface area contributed by atoms with E-state index in [1.807, 2.05) is 30.3 Å². The fourth-order valence-electron chi connectivity index (χ4n) is 0.989. The molecule has 0 aliphatic heterocycles. The van der Waals surface area contributed by atoms with Crippen molar-refractivity contribution in [3.8, 4) is 0 Å². The molecule has 13 heavy (non-hydrogen) atoms. The highest BCUT2D eigenvalue weighted by Crippen LogP contribution is 2.06. The normalized spacial score (nSPS) is 9.54. The second-order valence-corrected chi connectivity index (χ2v) is 3.18. The number of benzene rings is 1. The first-order valence-corrected chi connectivity index (χ1v) is 4.41. The molecule has 0 atom stereocenters. The van der Waals surface area contributed by atoms with Gasteiger partial charge in [0.2, 0.25) is 0 Å².